The van der Waals surface area contributed by atoms with Gasteiger partial charge in [-0.05, 0) is 26.7 Å². The Labute approximate surface area is 105 Å². The van der Waals surface area contributed by atoms with Crippen molar-refractivity contribution in [2.45, 2.75) is 33.1 Å². The van der Waals surface area contributed by atoms with Crippen LogP contribution in [0.5, 0.6) is 0 Å². The lowest BCUT2D eigenvalue weighted by atomic mass is 10.2. The molecule has 1 aromatic heterocycles. The van der Waals surface area contributed by atoms with Crippen molar-refractivity contribution in [3.63, 3.8) is 0 Å². The molecule has 1 heterocycles. The van der Waals surface area contributed by atoms with E-state index >= 15 is 0 Å². The van der Waals surface area contributed by atoms with Crippen LogP contribution in [0.15, 0.2) is 16.7 Å². The molecule has 1 N–H and O–H groups in total. The number of anilines is 1. The lowest BCUT2D eigenvalue weighted by molar-refractivity contribution is -0.143. The Bertz CT molecular complexity index is 363. The van der Waals surface area contributed by atoms with Crippen molar-refractivity contribution in [1.29, 1.82) is 0 Å². The number of ether oxygens (including phenoxy) is 1. The predicted molar refractivity (Wildman–Crippen MR) is 69.3 cm³/mol. The minimum Gasteiger partial charge on any atom is -0.466 e. The maximum absolute atomic E-state index is 11.1. The van der Waals surface area contributed by atoms with Crippen LogP contribution in [0.2, 0.25) is 0 Å². The van der Waals surface area contributed by atoms with Gasteiger partial charge in [-0.25, -0.2) is 4.98 Å². The lowest BCUT2D eigenvalue weighted by Crippen LogP contribution is -2.05. The highest BCUT2D eigenvalue weighted by atomic mass is 32.1. The summed E-state index contributed by atoms with van der Waals surface area (Å²) < 4.78 is 4.84. The van der Waals surface area contributed by atoms with Gasteiger partial charge < -0.3 is 4.74 Å². The van der Waals surface area contributed by atoms with Crippen molar-refractivity contribution in [3.05, 3.63) is 11.6 Å². The van der Waals surface area contributed by atoms with E-state index in [1.807, 2.05) is 19.2 Å². The van der Waals surface area contributed by atoms with Gasteiger partial charge in [0.1, 0.15) is 0 Å². The Hall–Kier alpha value is -1.43. The molecule has 0 aromatic carbocycles. The number of hydrazone groups is 1. The van der Waals surface area contributed by atoms with Crippen LogP contribution >= 0.6 is 11.3 Å². The Morgan fingerprint density at radius 1 is 1.59 bits per heavy atom. The van der Waals surface area contributed by atoms with Crippen LogP contribution in [-0.2, 0) is 9.53 Å². The molecule has 5 nitrogen and oxygen atoms in total. The molecule has 94 valence electrons. The van der Waals surface area contributed by atoms with Gasteiger partial charge in [0.15, 0.2) is 0 Å². The Morgan fingerprint density at radius 2 is 2.41 bits per heavy atom. The minimum atomic E-state index is -0.145. The van der Waals surface area contributed by atoms with Gasteiger partial charge in [-0.1, -0.05) is 0 Å². The third-order valence-corrected chi connectivity index (χ3v) is 2.68. The predicted octanol–water partition coefficient (Wildman–Crippen LogP) is 2.66. The van der Waals surface area contributed by atoms with Gasteiger partial charge >= 0.3 is 5.97 Å². The first-order valence-corrected chi connectivity index (χ1v) is 6.44. The minimum absolute atomic E-state index is 0.145. The Morgan fingerprint density at radius 3 is 3.06 bits per heavy atom. The van der Waals surface area contributed by atoms with Crippen molar-refractivity contribution < 1.29 is 9.53 Å². The highest BCUT2D eigenvalue weighted by Crippen LogP contribution is 2.10. The summed E-state index contributed by atoms with van der Waals surface area (Å²) in [4.78, 5) is 15.1. The molecule has 0 spiro atoms. The number of nitrogens with one attached hydrogen (secondary N) is 1. The van der Waals surface area contributed by atoms with E-state index < -0.39 is 0 Å². The Kier molecular flexibility index (Phi) is 6.24. The number of thiazole rings is 1. The summed E-state index contributed by atoms with van der Waals surface area (Å²) in [5.74, 6) is -0.145. The number of nitrogens with zero attached hydrogens (tertiary/aromatic N) is 2. The summed E-state index contributed by atoms with van der Waals surface area (Å²) in [6.45, 7) is 4.17. The van der Waals surface area contributed by atoms with Crippen LogP contribution in [0, 0.1) is 0 Å². The first-order chi connectivity index (χ1) is 8.22. The zero-order valence-electron chi connectivity index (χ0n) is 10.1. The molecule has 0 aliphatic carbocycles. The van der Waals surface area contributed by atoms with Gasteiger partial charge in [-0.15, -0.1) is 11.3 Å². The van der Waals surface area contributed by atoms with Crippen molar-refractivity contribution in [2.24, 2.45) is 5.10 Å². The number of carbonyl (C=O) groups is 1. The number of aromatic nitrogens is 1. The highest BCUT2D eigenvalue weighted by Gasteiger charge is 2.02. The van der Waals surface area contributed by atoms with Gasteiger partial charge in [0, 0.05) is 23.7 Å². The van der Waals surface area contributed by atoms with E-state index in [0.717, 1.165) is 23.7 Å². The van der Waals surface area contributed by atoms with Gasteiger partial charge in [-0.3, -0.25) is 10.2 Å². The molecule has 0 unspecified atom stereocenters. The summed E-state index contributed by atoms with van der Waals surface area (Å²) in [7, 11) is 0. The number of rotatable bonds is 7. The zero-order valence-corrected chi connectivity index (χ0v) is 10.9. The number of esters is 1. The number of carbonyl (C=O) groups excluding carboxylic acids is 1. The monoisotopic (exact) mass is 255 g/mol. The van der Waals surface area contributed by atoms with Crippen molar-refractivity contribution in [2.75, 3.05) is 12.0 Å². The van der Waals surface area contributed by atoms with E-state index in [0.29, 0.717) is 13.0 Å². The summed E-state index contributed by atoms with van der Waals surface area (Å²) >= 11 is 1.50. The van der Waals surface area contributed by atoms with Gasteiger partial charge in [-0.2, -0.15) is 5.10 Å². The molecule has 0 atom stereocenters. The molecule has 1 aromatic rings. The maximum atomic E-state index is 11.1. The molecule has 0 aliphatic rings. The fourth-order valence-corrected chi connectivity index (χ4v) is 1.67. The molecule has 0 saturated heterocycles. The van der Waals surface area contributed by atoms with Crippen LogP contribution < -0.4 is 5.43 Å². The van der Waals surface area contributed by atoms with Crippen LogP contribution in [0.3, 0.4) is 0 Å². The number of hydrogen-bond donors (Lipinski definition) is 1. The molecule has 0 radical (unpaired) electrons. The molecule has 0 amide bonds. The van der Waals surface area contributed by atoms with Crippen LogP contribution in [-0.4, -0.2) is 23.3 Å². The molecule has 6 heteroatoms. The summed E-state index contributed by atoms with van der Waals surface area (Å²) in [6.07, 6.45) is 3.70. The standard InChI is InChI=1S/C11H17N3O2S/c1-3-16-10(15)6-4-5-9(2)13-14-11-12-7-8-17-11/h7-8H,3-6H2,1-2H3,(H,12,14). The van der Waals surface area contributed by atoms with E-state index in [4.69, 9.17) is 4.74 Å². The van der Waals surface area contributed by atoms with Crippen LogP contribution in [0.25, 0.3) is 0 Å². The van der Waals surface area contributed by atoms with Crippen molar-refractivity contribution >= 4 is 28.1 Å². The SMILES string of the molecule is CCOC(=O)CCCC(C)=NNc1nccs1. The summed E-state index contributed by atoms with van der Waals surface area (Å²) in [5.41, 5.74) is 3.82. The molecule has 0 saturated carbocycles. The van der Waals surface area contributed by atoms with Gasteiger partial charge in [0.25, 0.3) is 0 Å². The molecule has 0 fully saturated rings. The van der Waals surface area contributed by atoms with Gasteiger partial charge in [0.2, 0.25) is 5.13 Å². The second-order valence-corrected chi connectivity index (χ2v) is 4.35. The normalized spacial score (nSPS) is 11.3. The molecule has 0 aliphatic heterocycles. The molecular formula is C11H17N3O2S. The second kappa shape index (κ2) is 7.78. The van der Waals surface area contributed by atoms with E-state index in [1.54, 1.807) is 6.20 Å². The van der Waals surface area contributed by atoms with Crippen LogP contribution in [0.4, 0.5) is 5.13 Å². The number of hydrogen-bond acceptors (Lipinski definition) is 6. The fourth-order valence-electron chi connectivity index (χ4n) is 1.20. The average molecular weight is 255 g/mol. The van der Waals surface area contributed by atoms with E-state index in [1.165, 1.54) is 11.3 Å². The molecule has 0 bridgehead atoms. The zero-order chi connectivity index (χ0) is 12.5. The first-order valence-electron chi connectivity index (χ1n) is 5.56. The molecule has 1 rings (SSSR count). The summed E-state index contributed by atoms with van der Waals surface area (Å²) in [5, 5.41) is 6.83. The van der Waals surface area contributed by atoms with E-state index in [-0.39, 0.29) is 5.97 Å². The molecular weight excluding hydrogens is 238 g/mol. The Balaban J connectivity index is 2.18. The van der Waals surface area contributed by atoms with Crippen molar-refractivity contribution in [3.8, 4) is 0 Å². The van der Waals surface area contributed by atoms with Gasteiger partial charge in [0.05, 0.1) is 6.61 Å². The second-order valence-electron chi connectivity index (χ2n) is 3.45. The van der Waals surface area contributed by atoms with E-state index in [2.05, 4.69) is 15.5 Å². The largest absolute Gasteiger partial charge is 0.466 e. The van der Waals surface area contributed by atoms with Crippen molar-refractivity contribution in [1.82, 2.24) is 4.98 Å². The topological polar surface area (TPSA) is 63.6 Å². The quantitative estimate of drug-likeness (QED) is 0.462. The molecule has 17 heavy (non-hydrogen) atoms. The fraction of sp³-hybridized carbons (Fsp3) is 0.545. The maximum Gasteiger partial charge on any atom is 0.305 e. The van der Waals surface area contributed by atoms with E-state index in [9.17, 15) is 4.79 Å². The summed E-state index contributed by atoms with van der Waals surface area (Å²) in [6, 6.07) is 0. The first kappa shape index (κ1) is 13.6. The smallest absolute Gasteiger partial charge is 0.305 e. The highest BCUT2D eigenvalue weighted by molar-refractivity contribution is 7.13. The van der Waals surface area contributed by atoms with Crippen LogP contribution in [0.1, 0.15) is 33.1 Å². The third kappa shape index (κ3) is 6.01. The lowest BCUT2D eigenvalue weighted by Gasteiger charge is -2.02. The average Bonchev–Trinajstić information content (AvgIpc) is 2.79. The third-order valence-electron chi connectivity index (χ3n) is 2.00.